The van der Waals surface area contributed by atoms with Gasteiger partial charge >= 0.3 is 12.1 Å². The Morgan fingerprint density at radius 3 is 2.22 bits per heavy atom. The van der Waals surface area contributed by atoms with Crippen LogP contribution >= 0.6 is 38.5 Å². The maximum atomic E-state index is 13.8. The van der Waals surface area contributed by atoms with Crippen LogP contribution in [0.25, 0.3) is 10.9 Å². The van der Waals surface area contributed by atoms with E-state index in [9.17, 15) is 19.2 Å². The van der Waals surface area contributed by atoms with Crippen LogP contribution in [-0.2, 0) is 36.7 Å². The molecular weight excluding hydrogens is 771 g/mol. The molecule has 0 saturated heterocycles. The summed E-state index contributed by atoms with van der Waals surface area (Å²) in [5.74, 6) is -1.05. The van der Waals surface area contributed by atoms with Gasteiger partial charge in [0.2, 0.25) is 11.8 Å². The number of para-hydroxylation sites is 1. The lowest BCUT2D eigenvalue weighted by Gasteiger charge is -2.27. The van der Waals surface area contributed by atoms with E-state index in [4.69, 9.17) is 14.2 Å². The van der Waals surface area contributed by atoms with E-state index >= 15 is 0 Å². The molecule has 0 radical (unpaired) electrons. The number of benzene rings is 2. The van der Waals surface area contributed by atoms with Crippen LogP contribution in [0.2, 0.25) is 0 Å². The molecule has 0 bridgehead atoms. The summed E-state index contributed by atoms with van der Waals surface area (Å²) in [6.07, 6.45) is 1.60. The van der Waals surface area contributed by atoms with Crippen LogP contribution in [0.5, 0.6) is 5.75 Å². The summed E-state index contributed by atoms with van der Waals surface area (Å²) in [5.41, 5.74) is 1.66. The third-order valence-corrected chi connectivity index (χ3v) is 8.48. The summed E-state index contributed by atoms with van der Waals surface area (Å²) in [6, 6.07) is 8.08. The first-order valence-electron chi connectivity index (χ1n) is 14.9. The highest BCUT2D eigenvalue weighted by Gasteiger charge is 2.32. The fourth-order valence-corrected chi connectivity index (χ4v) is 6.16. The van der Waals surface area contributed by atoms with E-state index < -0.39 is 47.6 Å². The van der Waals surface area contributed by atoms with Crippen molar-refractivity contribution in [2.45, 2.75) is 77.6 Å². The van der Waals surface area contributed by atoms with Crippen LogP contribution in [0.1, 0.15) is 52.2 Å². The third kappa shape index (κ3) is 10.6. The standard InChI is InChI=1S/C33H42BrIN4O7/c1-18(2)13-24(29(40)38-26(31(42)45-7)16-20-17-36-28-21(20)9-8-10-22(28)34)37-30(41)25(39-32(43)46-33(3,4)5)15-19-11-12-27(44-6)23(35)14-19/h8-12,14,17-18,24-26,36H,13,15-16H2,1-7H3,(H,37,41)(H,38,40)(H,39,43)/t24-,25-,26-/m0/s1. The fraction of sp³-hybridized carbons (Fsp3) is 0.455. The van der Waals surface area contributed by atoms with Crippen molar-refractivity contribution in [2.24, 2.45) is 5.92 Å². The van der Waals surface area contributed by atoms with E-state index in [2.05, 4.69) is 59.5 Å². The molecule has 0 aliphatic rings. The van der Waals surface area contributed by atoms with Gasteiger partial charge in [0.05, 0.1) is 23.3 Å². The Morgan fingerprint density at radius 1 is 0.935 bits per heavy atom. The van der Waals surface area contributed by atoms with Crippen molar-refractivity contribution in [2.75, 3.05) is 14.2 Å². The van der Waals surface area contributed by atoms with Crippen molar-refractivity contribution in [3.8, 4) is 5.75 Å². The predicted octanol–water partition coefficient (Wildman–Crippen LogP) is 5.41. The number of esters is 1. The summed E-state index contributed by atoms with van der Waals surface area (Å²) < 4.78 is 17.5. The third-order valence-electron chi connectivity index (χ3n) is 6.98. The summed E-state index contributed by atoms with van der Waals surface area (Å²) in [7, 11) is 2.83. The Hall–Kier alpha value is -3.33. The molecule has 13 heteroatoms. The van der Waals surface area contributed by atoms with Crippen LogP contribution in [0.3, 0.4) is 0 Å². The average Bonchev–Trinajstić information content (AvgIpc) is 3.38. The van der Waals surface area contributed by atoms with E-state index in [1.807, 2.05) is 38.1 Å². The van der Waals surface area contributed by atoms with Crippen LogP contribution in [0.4, 0.5) is 4.79 Å². The lowest BCUT2D eigenvalue weighted by molar-refractivity contribution is -0.145. The monoisotopic (exact) mass is 812 g/mol. The maximum absolute atomic E-state index is 13.8. The van der Waals surface area contributed by atoms with Crippen LogP contribution in [0.15, 0.2) is 47.1 Å². The minimum atomic E-state index is -1.07. The molecule has 3 rings (SSSR count). The van der Waals surface area contributed by atoms with Crippen LogP contribution < -0.4 is 20.7 Å². The molecule has 4 N–H and O–H groups in total. The van der Waals surface area contributed by atoms with Crippen molar-refractivity contribution in [3.05, 3.63) is 61.8 Å². The molecule has 3 amide bonds. The number of aromatic nitrogens is 1. The van der Waals surface area contributed by atoms with E-state index in [1.165, 1.54) is 7.11 Å². The molecule has 3 atom stereocenters. The summed E-state index contributed by atoms with van der Waals surface area (Å²) in [6.45, 7) is 9.02. The Labute approximate surface area is 291 Å². The number of H-pyrrole nitrogens is 1. The SMILES string of the molecule is COC(=O)[C@H](Cc1c[nH]c2c(Br)cccc12)NC(=O)[C@H](CC(C)C)NC(=O)[C@H](Cc1ccc(OC)c(I)c1)NC(=O)OC(C)(C)C. The fourth-order valence-electron chi connectivity index (χ4n) is 4.88. The molecule has 0 spiro atoms. The van der Waals surface area contributed by atoms with Gasteiger partial charge in [0.1, 0.15) is 29.5 Å². The van der Waals surface area contributed by atoms with Gasteiger partial charge in [-0.1, -0.05) is 32.0 Å². The molecule has 11 nitrogen and oxygen atoms in total. The first-order valence-corrected chi connectivity index (χ1v) is 16.7. The number of hydrogen-bond acceptors (Lipinski definition) is 7. The largest absolute Gasteiger partial charge is 0.496 e. The molecule has 250 valence electrons. The number of nitrogens with one attached hydrogen (secondary N) is 4. The molecule has 0 fully saturated rings. The quantitative estimate of drug-likeness (QED) is 0.133. The molecule has 3 aromatic rings. The van der Waals surface area contributed by atoms with E-state index in [0.29, 0.717) is 5.75 Å². The van der Waals surface area contributed by atoms with Gasteiger partial charge in [-0.15, -0.1) is 0 Å². The number of halogens is 2. The number of hydrogen-bond donors (Lipinski definition) is 4. The Bertz CT molecular complexity index is 1550. The number of rotatable bonds is 13. The predicted molar refractivity (Wildman–Crippen MR) is 188 cm³/mol. The Balaban J connectivity index is 1.85. The molecular formula is C33H42BrIN4O7. The molecule has 0 aliphatic heterocycles. The summed E-state index contributed by atoms with van der Waals surface area (Å²) >= 11 is 5.66. The van der Waals surface area contributed by atoms with E-state index in [-0.39, 0.29) is 25.2 Å². The number of carbonyl (C=O) groups excluding carboxylic acids is 4. The van der Waals surface area contributed by atoms with E-state index in [0.717, 1.165) is 30.1 Å². The zero-order valence-corrected chi connectivity index (χ0v) is 30.8. The highest BCUT2D eigenvalue weighted by atomic mass is 127. The molecule has 1 heterocycles. The second kappa shape index (κ2) is 16.5. The lowest BCUT2D eigenvalue weighted by atomic mass is 10.00. The van der Waals surface area contributed by atoms with Gasteiger partial charge in [-0.05, 0) is 101 Å². The summed E-state index contributed by atoms with van der Waals surface area (Å²) in [4.78, 5) is 56.3. The molecule has 0 unspecified atom stereocenters. The second-order valence-corrected chi connectivity index (χ2v) is 14.3. The highest BCUT2D eigenvalue weighted by molar-refractivity contribution is 14.1. The van der Waals surface area contributed by atoms with Gasteiger partial charge in [-0.25, -0.2) is 9.59 Å². The topological polar surface area (TPSA) is 148 Å². The molecule has 2 aromatic carbocycles. The summed E-state index contributed by atoms with van der Waals surface area (Å²) in [5, 5.41) is 9.18. The Morgan fingerprint density at radius 2 is 1.61 bits per heavy atom. The lowest BCUT2D eigenvalue weighted by Crippen LogP contribution is -2.57. The first-order chi connectivity index (χ1) is 21.6. The number of ether oxygens (including phenoxy) is 3. The number of methoxy groups -OCH3 is 2. The second-order valence-electron chi connectivity index (χ2n) is 12.3. The normalized spacial score (nSPS) is 13.4. The van der Waals surface area contributed by atoms with Crippen molar-refractivity contribution in [1.29, 1.82) is 0 Å². The smallest absolute Gasteiger partial charge is 0.408 e. The first kappa shape index (κ1) is 37.1. The zero-order valence-electron chi connectivity index (χ0n) is 27.1. The molecule has 1 aromatic heterocycles. The number of alkyl carbamates (subject to hydrolysis) is 1. The van der Waals surface area contributed by atoms with Gasteiger partial charge in [-0.2, -0.15) is 0 Å². The van der Waals surface area contributed by atoms with Crippen LogP contribution in [-0.4, -0.2) is 66.8 Å². The van der Waals surface area contributed by atoms with Crippen molar-refractivity contribution in [3.63, 3.8) is 0 Å². The highest BCUT2D eigenvalue weighted by Crippen LogP contribution is 2.27. The number of carbonyl (C=O) groups is 4. The zero-order chi connectivity index (χ0) is 34.2. The Kier molecular flexibility index (Phi) is 13.3. The molecule has 0 saturated carbocycles. The number of amides is 3. The van der Waals surface area contributed by atoms with Crippen LogP contribution in [0, 0.1) is 9.49 Å². The number of aromatic amines is 1. The average molecular weight is 814 g/mol. The van der Waals surface area contributed by atoms with Crippen molar-refractivity contribution >= 4 is 73.3 Å². The minimum absolute atomic E-state index is 0.0130. The van der Waals surface area contributed by atoms with Gasteiger partial charge in [0.15, 0.2) is 0 Å². The van der Waals surface area contributed by atoms with Gasteiger partial charge < -0.3 is 35.1 Å². The molecule has 0 aliphatic carbocycles. The number of fused-ring (bicyclic) bond motifs is 1. The van der Waals surface area contributed by atoms with Gasteiger partial charge in [0.25, 0.3) is 0 Å². The van der Waals surface area contributed by atoms with Gasteiger partial charge in [-0.3, -0.25) is 9.59 Å². The minimum Gasteiger partial charge on any atom is -0.496 e. The van der Waals surface area contributed by atoms with Crippen molar-refractivity contribution < 1.29 is 33.4 Å². The van der Waals surface area contributed by atoms with Gasteiger partial charge in [0, 0.05) is 28.9 Å². The van der Waals surface area contributed by atoms with E-state index in [1.54, 1.807) is 46.2 Å². The maximum Gasteiger partial charge on any atom is 0.408 e. The van der Waals surface area contributed by atoms with Crippen molar-refractivity contribution in [1.82, 2.24) is 20.9 Å². The molecule has 46 heavy (non-hydrogen) atoms.